The largest absolute Gasteiger partial charge is 0.486 e. The summed E-state index contributed by atoms with van der Waals surface area (Å²) in [4.78, 5) is 0. The molecule has 0 amide bonds. The average Bonchev–Trinajstić information content (AvgIpc) is 2.40. The lowest BCUT2D eigenvalue weighted by Crippen LogP contribution is -2.04. The van der Waals surface area contributed by atoms with Gasteiger partial charge in [-0.05, 0) is 42.8 Å². The van der Waals surface area contributed by atoms with Crippen LogP contribution in [-0.2, 0) is 13.0 Å². The molecule has 0 fully saturated rings. The molecule has 0 heterocycles. The normalized spacial score (nSPS) is 10.6. The molecule has 0 saturated heterocycles. The molecule has 0 aliphatic heterocycles. The van der Waals surface area contributed by atoms with Crippen molar-refractivity contribution in [2.75, 3.05) is 6.54 Å². The first-order valence-electron chi connectivity index (χ1n) is 6.15. The Morgan fingerprint density at radius 1 is 0.950 bits per heavy atom. The summed E-state index contributed by atoms with van der Waals surface area (Å²) in [6.45, 7) is 0.264. The van der Waals surface area contributed by atoms with Gasteiger partial charge in [0.05, 0.1) is 0 Å². The van der Waals surface area contributed by atoms with Crippen molar-refractivity contribution in [2.24, 2.45) is 5.73 Å². The number of benzene rings is 2. The van der Waals surface area contributed by atoms with Crippen LogP contribution in [0.4, 0.5) is 13.2 Å². The predicted octanol–water partition coefficient (Wildman–Crippen LogP) is 3.18. The zero-order chi connectivity index (χ0) is 14.5. The second kappa shape index (κ2) is 6.43. The zero-order valence-electron chi connectivity index (χ0n) is 10.7. The summed E-state index contributed by atoms with van der Waals surface area (Å²) in [7, 11) is 0. The maximum Gasteiger partial charge on any atom is 0.165 e. The summed E-state index contributed by atoms with van der Waals surface area (Å²) >= 11 is 0. The smallest absolute Gasteiger partial charge is 0.165 e. The summed E-state index contributed by atoms with van der Waals surface area (Å²) < 4.78 is 45.1. The van der Waals surface area contributed by atoms with E-state index in [9.17, 15) is 13.2 Å². The number of ether oxygens (including phenoxy) is 1. The van der Waals surface area contributed by atoms with Crippen LogP contribution in [0.15, 0.2) is 36.4 Å². The zero-order valence-corrected chi connectivity index (χ0v) is 10.7. The Morgan fingerprint density at radius 3 is 2.40 bits per heavy atom. The van der Waals surface area contributed by atoms with E-state index in [-0.39, 0.29) is 17.9 Å². The van der Waals surface area contributed by atoms with Gasteiger partial charge >= 0.3 is 0 Å². The molecule has 2 nitrogen and oxygen atoms in total. The van der Waals surface area contributed by atoms with Crippen molar-refractivity contribution in [1.29, 1.82) is 0 Å². The molecule has 0 atom stereocenters. The molecule has 0 radical (unpaired) electrons. The van der Waals surface area contributed by atoms with Gasteiger partial charge < -0.3 is 10.5 Å². The number of hydrogen-bond donors (Lipinski definition) is 1. The number of nitrogens with two attached hydrogens (primary N) is 1. The third-order valence-electron chi connectivity index (χ3n) is 2.83. The molecular formula is C15H14F3NO. The molecule has 20 heavy (non-hydrogen) atoms. The minimum Gasteiger partial charge on any atom is -0.486 e. The molecule has 2 aromatic rings. The Labute approximate surface area is 115 Å². The van der Waals surface area contributed by atoms with Crippen LogP contribution in [0.1, 0.15) is 11.1 Å². The van der Waals surface area contributed by atoms with Crippen molar-refractivity contribution in [3.8, 4) is 5.75 Å². The number of hydrogen-bond acceptors (Lipinski definition) is 2. The second-order valence-corrected chi connectivity index (χ2v) is 4.33. The van der Waals surface area contributed by atoms with Crippen LogP contribution in [0.3, 0.4) is 0 Å². The van der Waals surface area contributed by atoms with Gasteiger partial charge in [0.15, 0.2) is 11.6 Å². The van der Waals surface area contributed by atoms with Crippen LogP contribution in [-0.4, -0.2) is 6.54 Å². The van der Waals surface area contributed by atoms with E-state index < -0.39 is 17.5 Å². The minimum atomic E-state index is -0.717. The molecule has 2 aromatic carbocycles. The SMILES string of the molecule is NCCc1ccc(OCc2ccc(F)cc2F)c(F)c1. The fraction of sp³-hybridized carbons (Fsp3) is 0.200. The lowest BCUT2D eigenvalue weighted by Gasteiger charge is -2.09. The number of halogens is 3. The molecule has 0 bridgehead atoms. The van der Waals surface area contributed by atoms with Crippen LogP contribution in [0.5, 0.6) is 5.75 Å². The van der Waals surface area contributed by atoms with Gasteiger partial charge in [0, 0.05) is 11.6 Å². The van der Waals surface area contributed by atoms with E-state index in [0.29, 0.717) is 13.0 Å². The maximum absolute atomic E-state index is 13.7. The van der Waals surface area contributed by atoms with Gasteiger partial charge in [-0.15, -0.1) is 0 Å². The first-order chi connectivity index (χ1) is 9.60. The topological polar surface area (TPSA) is 35.2 Å². The Kier molecular flexibility index (Phi) is 4.63. The Morgan fingerprint density at radius 2 is 1.75 bits per heavy atom. The highest BCUT2D eigenvalue weighted by Crippen LogP contribution is 2.20. The van der Waals surface area contributed by atoms with Crippen LogP contribution in [0, 0.1) is 17.5 Å². The highest BCUT2D eigenvalue weighted by molar-refractivity contribution is 5.30. The molecule has 0 unspecified atom stereocenters. The summed E-state index contributed by atoms with van der Waals surface area (Å²) in [5.41, 5.74) is 6.32. The Hall–Kier alpha value is -2.01. The highest BCUT2D eigenvalue weighted by atomic mass is 19.1. The molecule has 2 rings (SSSR count). The molecule has 5 heteroatoms. The molecule has 0 spiro atoms. The third-order valence-corrected chi connectivity index (χ3v) is 2.83. The van der Waals surface area contributed by atoms with Gasteiger partial charge in [-0.2, -0.15) is 0 Å². The molecule has 0 aliphatic rings. The van der Waals surface area contributed by atoms with Crippen molar-refractivity contribution in [2.45, 2.75) is 13.0 Å². The molecule has 0 saturated carbocycles. The lowest BCUT2D eigenvalue weighted by atomic mass is 10.1. The van der Waals surface area contributed by atoms with Crippen molar-refractivity contribution in [3.05, 3.63) is 65.0 Å². The van der Waals surface area contributed by atoms with E-state index in [1.54, 1.807) is 6.07 Å². The van der Waals surface area contributed by atoms with Gasteiger partial charge in [-0.3, -0.25) is 0 Å². The van der Waals surface area contributed by atoms with Crippen LogP contribution in [0.25, 0.3) is 0 Å². The van der Waals surface area contributed by atoms with E-state index in [1.165, 1.54) is 18.2 Å². The molecule has 2 N–H and O–H groups in total. The van der Waals surface area contributed by atoms with Crippen molar-refractivity contribution >= 4 is 0 Å². The van der Waals surface area contributed by atoms with Gasteiger partial charge in [-0.1, -0.05) is 6.07 Å². The predicted molar refractivity (Wildman–Crippen MR) is 69.8 cm³/mol. The Balaban J connectivity index is 2.07. The minimum absolute atomic E-state index is 0.0227. The monoisotopic (exact) mass is 281 g/mol. The van der Waals surface area contributed by atoms with Gasteiger partial charge in [0.1, 0.15) is 18.2 Å². The highest BCUT2D eigenvalue weighted by Gasteiger charge is 2.08. The quantitative estimate of drug-likeness (QED) is 0.913. The molecule has 0 aromatic heterocycles. The van der Waals surface area contributed by atoms with Crippen molar-refractivity contribution in [1.82, 2.24) is 0 Å². The van der Waals surface area contributed by atoms with Crippen LogP contribution < -0.4 is 10.5 Å². The third kappa shape index (κ3) is 3.51. The average molecular weight is 281 g/mol. The fourth-order valence-electron chi connectivity index (χ4n) is 1.78. The lowest BCUT2D eigenvalue weighted by molar-refractivity contribution is 0.284. The number of rotatable bonds is 5. The summed E-state index contributed by atoms with van der Waals surface area (Å²) in [6, 6.07) is 7.67. The summed E-state index contributed by atoms with van der Waals surface area (Å²) in [6.07, 6.45) is 0.573. The van der Waals surface area contributed by atoms with Crippen LogP contribution in [0.2, 0.25) is 0 Å². The van der Waals surface area contributed by atoms with E-state index in [1.807, 2.05) is 0 Å². The second-order valence-electron chi connectivity index (χ2n) is 4.33. The molecule has 106 valence electrons. The summed E-state index contributed by atoms with van der Waals surface area (Å²) in [5, 5.41) is 0. The van der Waals surface area contributed by atoms with Gasteiger partial charge in [0.25, 0.3) is 0 Å². The van der Waals surface area contributed by atoms with E-state index >= 15 is 0 Å². The summed E-state index contributed by atoms with van der Waals surface area (Å²) in [5.74, 6) is -1.89. The molecule has 0 aliphatic carbocycles. The van der Waals surface area contributed by atoms with E-state index in [4.69, 9.17) is 10.5 Å². The van der Waals surface area contributed by atoms with E-state index in [2.05, 4.69) is 0 Å². The van der Waals surface area contributed by atoms with Gasteiger partial charge in [-0.25, -0.2) is 13.2 Å². The van der Waals surface area contributed by atoms with E-state index in [0.717, 1.165) is 17.7 Å². The standard InChI is InChI=1S/C15H14F3NO/c16-12-3-2-11(13(17)8-12)9-20-15-4-1-10(5-6-19)7-14(15)18/h1-4,7-8H,5-6,9,19H2. The maximum atomic E-state index is 13.7. The van der Waals surface area contributed by atoms with Crippen molar-refractivity contribution < 1.29 is 17.9 Å². The van der Waals surface area contributed by atoms with Gasteiger partial charge in [0.2, 0.25) is 0 Å². The fourth-order valence-corrected chi connectivity index (χ4v) is 1.78. The first-order valence-corrected chi connectivity index (χ1v) is 6.15. The Bertz CT molecular complexity index is 602. The van der Waals surface area contributed by atoms with Crippen molar-refractivity contribution in [3.63, 3.8) is 0 Å². The first kappa shape index (κ1) is 14.4. The molecular weight excluding hydrogens is 267 g/mol. The van der Waals surface area contributed by atoms with Crippen LogP contribution >= 0.6 is 0 Å².